The van der Waals surface area contributed by atoms with Gasteiger partial charge in [-0.2, -0.15) is 5.26 Å². The predicted octanol–water partition coefficient (Wildman–Crippen LogP) is 3.81. The normalized spacial score (nSPS) is 12.8. The van der Waals surface area contributed by atoms with Gasteiger partial charge in [-0.05, 0) is 24.3 Å². The maximum Gasteiger partial charge on any atom is 0.296 e. The zero-order valence-electron chi connectivity index (χ0n) is 14.1. The Morgan fingerprint density at radius 1 is 1.29 bits per heavy atom. The van der Waals surface area contributed by atoms with E-state index in [9.17, 15) is 24.6 Å². The molecule has 8 nitrogen and oxygen atoms in total. The number of amides is 1. The molecule has 2 aromatic rings. The van der Waals surface area contributed by atoms with Crippen LogP contribution in [0.15, 0.2) is 40.4 Å². The average Bonchev–Trinajstić information content (AvgIpc) is 2.67. The van der Waals surface area contributed by atoms with Crippen LogP contribution in [0.5, 0.6) is 11.5 Å². The number of carbonyl (C=O) groups is 1. The molecule has 0 bridgehead atoms. The van der Waals surface area contributed by atoms with Crippen LogP contribution in [0.1, 0.15) is 5.56 Å². The number of nitro benzene ring substituents is 1. The number of hydrogen-bond acceptors (Lipinski definition) is 6. The minimum Gasteiger partial charge on any atom is -0.486 e. The van der Waals surface area contributed by atoms with Crippen molar-refractivity contribution in [2.24, 2.45) is 0 Å². The highest BCUT2D eigenvalue weighted by Gasteiger charge is 2.24. The van der Waals surface area contributed by atoms with Gasteiger partial charge in [0.05, 0.1) is 11.0 Å². The predicted molar refractivity (Wildman–Crippen MR) is 100 cm³/mol. The van der Waals surface area contributed by atoms with Gasteiger partial charge in [0.15, 0.2) is 11.5 Å². The third-order valence-corrected chi connectivity index (χ3v) is 4.22. The van der Waals surface area contributed by atoms with E-state index >= 15 is 0 Å². The number of nitro groups is 1. The lowest BCUT2D eigenvalue weighted by Crippen LogP contribution is -2.18. The minimum atomic E-state index is -0.929. The van der Waals surface area contributed by atoms with Gasteiger partial charge in [0, 0.05) is 16.1 Å². The summed E-state index contributed by atoms with van der Waals surface area (Å²) in [7, 11) is 0. The lowest BCUT2D eigenvalue weighted by Gasteiger charge is -2.19. The molecule has 28 heavy (non-hydrogen) atoms. The summed E-state index contributed by atoms with van der Waals surface area (Å²) < 4.78 is 25.1. The molecule has 0 atom stereocenters. The van der Waals surface area contributed by atoms with Crippen molar-refractivity contribution < 1.29 is 23.6 Å². The fourth-order valence-corrected chi connectivity index (χ4v) is 2.83. The Kier molecular flexibility index (Phi) is 5.56. The van der Waals surface area contributed by atoms with Gasteiger partial charge in [0.25, 0.3) is 11.6 Å². The summed E-state index contributed by atoms with van der Waals surface area (Å²) in [6.45, 7) is 0.499. The van der Waals surface area contributed by atoms with Gasteiger partial charge in [-0.15, -0.1) is 0 Å². The van der Waals surface area contributed by atoms with Crippen LogP contribution in [-0.2, 0) is 4.79 Å². The van der Waals surface area contributed by atoms with Crippen molar-refractivity contribution in [2.75, 3.05) is 18.5 Å². The van der Waals surface area contributed by atoms with Crippen molar-refractivity contribution >= 4 is 39.3 Å². The average molecular weight is 448 g/mol. The number of nitriles is 1. The molecule has 0 aliphatic carbocycles. The van der Waals surface area contributed by atoms with E-state index < -0.39 is 27.9 Å². The Balaban J connectivity index is 1.95. The Bertz CT molecular complexity index is 1050. The summed E-state index contributed by atoms with van der Waals surface area (Å²) in [4.78, 5) is 23.1. The standard InChI is InChI=1S/C18H11BrFN3O5/c19-12-1-2-13(20)10(6-12)5-11(9-21)18(24)22-14-7-16-17(28-4-3-27-16)8-15(14)23(25)26/h1-2,5-8H,3-4H2,(H,22,24)/b11-5+. The molecule has 3 rings (SSSR count). The Morgan fingerprint density at radius 3 is 2.61 bits per heavy atom. The molecule has 142 valence electrons. The third-order valence-electron chi connectivity index (χ3n) is 3.73. The van der Waals surface area contributed by atoms with Crippen molar-refractivity contribution in [3.63, 3.8) is 0 Å². The molecule has 1 aliphatic heterocycles. The second kappa shape index (κ2) is 8.06. The smallest absolute Gasteiger partial charge is 0.296 e. The van der Waals surface area contributed by atoms with Crippen molar-refractivity contribution in [3.05, 3.63) is 61.9 Å². The van der Waals surface area contributed by atoms with Crippen LogP contribution in [0, 0.1) is 27.3 Å². The first-order valence-corrected chi connectivity index (χ1v) is 8.64. The summed E-state index contributed by atoms with van der Waals surface area (Å²) in [5, 5.41) is 22.9. The molecule has 0 aromatic heterocycles. The van der Waals surface area contributed by atoms with E-state index in [-0.39, 0.29) is 36.0 Å². The highest BCUT2D eigenvalue weighted by molar-refractivity contribution is 9.10. The minimum absolute atomic E-state index is 0.0118. The van der Waals surface area contributed by atoms with E-state index in [1.807, 2.05) is 0 Å². The number of benzene rings is 2. The second-order valence-electron chi connectivity index (χ2n) is 5.56. The molecular formula is C18H11BrFN3O5. The van der Waals surface area contributed by atoms with Gasteiger partial charge in [-0.1, -0.05) is 15.9 Å². The first kappa shape index (κ1) is 19.3. The summed E-state index contributed by atoms with van der Waals surface area (Å²) in [5.74, 6) is -1.15. The number of hydrogen-bond donors (Lipinski definition) is 1. The number of nitrogens with zero attached hydrogens (tertiary/aromatic N) is 2. The van der Waals surface area contributed by atoms with E-state index in [0.717, 1.165) is 12.1 Å². The molecule has 1 amide bonds. The number of rotatable bonds is 4. The number of carbonyl (C=O) groups excluding carboxylic acids is 1. The fraction of sp³-hybridized carbons (Fsp3) is 0.111. The van der Waals surface area contributed by atoms with Crippen LogP contribution in [0.2, 0.25) is 0 Å². The Hall–Kier alpha value is -3.45. The Morgan fingerprint density at radius 2 is 1.96 bits per heavy atom. The first-order chi connectivity index (χ1) is 13.4. The van der Waals surface area contributed by atoms with Crippen LogP contribution < -0.4 is 14.8 Å². The van der Waals surface area contributed by atoms with Crippen LogP contribution in [-0.4, -0.2) is 24.0 Å². The van der Waals surface area contributed by atoms with Gasteiger partial charge in [-0.25, -0.2) is 4.39 Å². The van der Waals surface area contributed by atoms with Crippen LogP contribution in [0.3, 0.4) is 0 Å². The van der Waals surface area contributed by atoms with Crippen molar-refractivity contribution in [1.82, 2.24) is 0 Å². The monoisotopic (exact) mass is 447 g/mol. The molecule has 0 unspecified atom stereocenters. The molecule has 0 spiro atoms. The molecule has 0 saturated carbocycles. The van der Waals surface area contributed by atoms with Crippen molar-refractivity contribution in [3.8, 4) is 17.6 Å². The topological polar surface area (TPSA) is 114 Å². The largest absolute Gasteiger partial charge is 0.486 e. The molecular weight excluding hydrogens is 437 g/mol. The number of nitrogens with one attached hydrogen (secondary N) is 1. The van der Waals surface area contributed by atoms with Gasteiger partial charge in [0.2, 0.25) is 0 Å². The van der Waals surface area contributed by atoms with Gasteiger partial charge in [0.1, 0.15) is 36.4 Å². The number of anilines is 1. The summed E-state index contributed by atoms with van der Waals surface area (Å²) in [6, 6.07) is 8.09. The SMILES string of the molecule is N#C/C(=C\c1cc(Br)ccc1F)C(=O)Nc1cc2c(cc1[N+](=O)[O-])OCCO2. The van der Waals surface area contributed by atoms with Gasteiger partial charge < -0.3 is 14.8 Å². The maximum absolute atomic E-state index is 13.9. The number of ether oxygens (including phenoxy) is 2. The lowest BCUT2D eigenvalue weighted by molar-refractivity contribution is -0.384. The van der Waals surface area contributed by atoms with E-state index in [0.29, 0.717) is 4.47 Å². The summed E-state index contributed by atoms with van der Waals surface area (Å²) in [5.41, 5.74) is -1.02. The zero-order valence-corrected chi connectivity index (χ0v) is 15.7. The molecule has 10 heteroatoms. The molecule has 0 fully saturated rings. The van der Waals surface area contributed by atoms with Crippen LogP contribution >= 0.6 is 15.9 Å². The highest BCUT2D eigenvalue weighted by atomic mass is 79.9. The highest BCUT2D eigenvalue weighted by Crippen LogP contribution is 2.39. The molecule has 1 aliphatic rings. The van der Waals surface area contributed by atoms with E-state index in [1.165, 1.54) is 24.3 Å². The first-order valence-electron chi connectivity index (χ1n) is 7.85. The molecule has 1 N–H and O–H groups in total. The molecule has 1 heterocycles. The zero-order chi connectivity index (χ0) is 20.3. The molecule has 2 aromatic carbocycles. The number of halogens is 2. The van der Waals surface area contributed by atoms with E-state index in [2.05, 4.69) is 21.2 Å². The lowest BCUT2D eigenvalue weighted by atomic mass is 10.1. The van der Waals surface area contributed by atoms with Gasteiger partial charge in [-0.3, -0.25) is 14.9 Å². The maximum atomic E-state index is 13.9. The van der Waals surface area contributed by atoms with Gasteiger partial charge >= 0.3 is 0 Å². The van der Waals surface area contributed by atoms with E-state index in [4.69, 9.17) is 9.47 Å². The molecule has 0 saturated heterocycles. The summed E-state index contributed by atoms with van der Waals surface area (Å²) in [6.07, 6.45) is 1.05. The van der Waals surface area contributed by atoms with E-state index in [1.54, 1.807) is 6.07 Å². The van der Waals surface area contributed by atoms with Crippen molar-refractivity contribution in [2.45, 2.75) is 0 Å². The fourth-order valence-electron chi connectivity index (χ4n) is 2.45. The Labute approximate surface area is 166 Å². The quantitative estimate of drug-likeness (QED) is 0.329. The second-order valence-corrected chi connectivity index (χ2v) is 6.48. The van der Waals surface area contributed by atoms with Crippen LogP contribution in [0.4, 0.5) is 15.8 Å². The van der Waals surface area contributed by atoms with Crippen molar-refractivity contribution in [1.29, 1.82) is 5.26 Å². The number of fused-ring (bicyclic) bond motifs is 1. The third kappa shape index (κ3) is 4.10. The van der Waals surface area contributed by atoms with Crippen LogP contribution in [0.25, 0.3) is 6.08 Å². The summed E-state index contributed by atoms with van der Waals surface area (Å²) >= 11 is 3.18. The molecule has 0 radical (unpaired) electrons.